The van der Waals surface area contributed by atoms with E-state index >= 15 is 0 Å². The molecule has 0 aliphatic heterocycles. The number of aliphatic hydroxyl groups excluding tert-OH is 1. The quantitative estimate of drug-likeness (QED) is 0.604. The highest BCUT2D eigenvalue weighted by molar-refractivity contribution is 7.19. The van der Waals surface area contributed by atoms with Crippen LogP contribution >= 0.6 is 11.3 Å². The molecule has 1 aromatic carbocycles. The number of hydrogen-bond acceptors (Lipinski definition) is 3. The third kappa shape index (κ3) is 1.99. The molecule has 0 fully saturated rings. The van der Waals surface area contributed by atoms with Gasteiger partial charge in [0.25, 0.3) is 0 Å². The van der Waals surface area contributed by atoms with E-state index in [-0.39, 0.29) is 0 Å². The van der Waals surface area contributed by atoms with Crippen LogP contribution in [0.2, 0.25) is 0 Å². The van der Waals surface area contributed by atoms with Gasteiger partial charge in [-0.2, -0.15) is 0 Å². The summed E-state index contributed by atoms with van der Waals surface area (Å²) in [5.74, 6) is -1.95. The van der Waals surface area contributed by atoms with Crippen LogP contribution < -0.4 is 0 Å². The van der Waals surface area contributed by atoms with Gasteiger partial charge in [0.15, 0.2) is 0 Å². The Morgan fingerprint density at radius 1 is 1.27 bits per heavy atom. The van der Waals surface area contributed by atoms with Crippen molar-refractivity contribution in [3.63, 3.8) is 0 Å². The summed E-state index contributed by atoms with van der Waals surface area (Å²) in [6.07, 6.45) is 1.26. The van der Waals surface area contributed by atoms with Crippen molar-refractivity contribution in [2.24, 2.45) is 0 Å². The van der Waals surface area contributed by atoms with Gasteiger partial charge < -0.3 is 10.2 Å². The number of benzene rings is 1. The van der Waals surface area contributed by atoms with Crippen LogP contribution in [0.1, 0.15) is 4.88 Å². The molecule has 1 aromatic heterocycles. The number of thiophene rings is 1. The van der Waals surface area contributed by atoms with E-state index in [2.05, 4.69) is 0 Å². The predicted molar refractivity (Wildman–Crippen MR) is 60.1 cm³/mol. The smallest absolute Gasteiger partial charge is 0.370 e. The maximum atomic E-state index is 10.4. The highest BCUT2D eigenvalue weighted by Gasteiger charge is 2.05. The van der Waals surface area contributed by atoms with Gasteiger partial charge in [-0.15, -0.1) is 11.3 Å². The van der Waals surface area contributed by atoms with Crippen molar-refractivity contribution in [2.45, 2.75) is 0 Å². The van der Waals surface area contributed by atoms with Crippen LogP contribution in [0.25, 0.3) is 16.2 Å². The molecule has 0 aliphatic rings. The number of aliphatic carboxylic acids is 1. The molecule has 4 heteroatoms. The Balaban J connectivity index is 2.46. The van der Waals surface area contributed by atoms with Crippen LogP contribution in [0.4, 0.5) is 0 Å². The molecule has 1 heterocycles. The van der Waals surface area contributed by atoms with Crippen molar-refractivity contribution in [2.75, 3.05) is 0 Å². The first-order valence-electron chi connectivity index (χ1n) is 4.29. The number of carboxylic acids is 1. The molecule has 2 N–H and O–H groups in total. The first-order valence-corrected chi connectivity index (χ1v) is 5.11. The Bertz CT molecular complexity index is 507. The number of carboxylic acid groups (broad SMARTS) is 1. The highest BCUT2D eigenvalue weighted by Crippen LogP contribution is 2.26. The van der Waals surface area contributed by atoms with Crippen molar-refractivity contribution in [1.29, 1.82) is 0 Å². The number of carbonyl (C=O) groups is 1. The molecule has 0 saturated heterocycles. The van der Waals surface area contributed by atoms with Crippen molar-refractivity contribution in [3.8, 4) is 0 Å². The molecular formula is C11H8O3S. The van der Waals surface area contributed by atoms with E-state index < -0.39 is 11.7 Å². The van der Waals surface area contributed by atoms with E-state index in [0.717, 1.165) is 15.0 Å². The maximum absolute atomic E-state index is 10.4. The fourth-order valence-electron chi connectivity index (χ4n) is 1.27. The molecule has 0 aliphatic carbocycles. The average Bonchev–Trinajstić information content (AvgIpc) is 2.59. The first kappa shape index (κ1) is 9.73. The fraction of sp³-hybridized carbons (Fsp3) is 0. The lowest BCUT2D eigenvalue weighted by Gasteiger charge is -1.88. The molecule has 0 radical (unpaired) electrons. The van der Waals surface area contributed by atoms with Crippen molar-refractivity contribution >= 4 is 33.5 Å². The van der Waals surface area contributed by atoms with Gasteiger partial charge in [0.1, 0.15) is 0 Å². The molecule has 15 heavy (non-hydrogen) atoms. The summed E-state index contributed by atoms with van der Waals surface area (Å²) in [4.78, 5) is 11.1. The second-order valence-electron chi connectivity index (χ2n) is 3.02. The van der Waals surface area contributed by atoms with Gasteiger partial charge in [0.2, 0.25) is 5.76 Å². The fourth-order valence-corrected chi connectivity index (χ4v) is 2.27. The van der Waals surface area contributed by atoms with Gasteiger partial charge in [0, 0.05) is 15.7 Å². The van der Waals surface area contributed by atoms with E-state index in [1.165, 1.54) is 17.4 Å². The Hall–Kier alpha value is -1.81. The van der Waals surface area contributed by atoms with Gasteiger partial charge in [0.05, 0.1) is 0 Å². The van der Waals surface area contributed by atoms with Gasteiger partial charge in [-0.3, -0.25) is 0 Å². The van der Waals surface area contributed by atoms with Gasteiger partial charge in [-0.1, -0.05) is 18.2 Å². The minimum atomic E-state index is -1.31. The topological polar surface area (TPSA) is 57.5 Å². The Morgan fingerprint density at radius 3 is 2.67 bits per heavy atom. The summed E-state index contributed by atoms with van der Waals surface area (Å²) >= 11 is 1.44. The first-order chi connectivity index (χ1) is 7.16. The molecule has 0 amide bonds. The largest absolute Gasteiger partial charge is 0.502 e. The molecule has 3 nitrogen and oxygen atoms in total. The van der Waals surface area contributed by atoms with Crippen molar-refractivity contribution < 1.29 is 15.0 Å². The molecule has 0 spiro atoms. The minimum absolute atomic E-state index is 0.637. The van der Waals surface area contributed by atoms with E-state index in [4.69, 9.17) is 10.2 Å². The van der Waals surface area contributed by atoms with Gasteiger partial charge in [-0.05, 0) is 17.5 Å². The summed E-state index contributed by atoms with van der Waals surface area (Å²) in [6, 6.07) is 9.58. The molecule has 0 unspecified atom stereocenters. The van der Waals surface area contributed by atoms with Crippen LogP contribution in [0, 0.1) is 0 Å². The van der Waals surface area contributed by atoms with Crippen LogP contribution in [0.15, 0.2) is 36.1 Å². The summed E-state index contributed by atoms with van der Waals surface area (Å²) in [5, 5.41) is 18.6. The zero-order valence-corrected chi connectivity index (χ0v) is 8.49. The predicted octanol–water partition coefficient (Wildman–Crippen LogP) is 2.88. The minimum Gasteiger partial charge on any atom is -0.502 e. The summed E-state index contributed by atoms with van der Waals surface area (Å²) in [5.41, 5.74) is 0. The third-order valence-corrected chi connectivity index (χ3v) is 3.01. The number of rotatable bonds is 2. The molecule has 0 atom stereocenters. The second kappa shape index (κ2) is 3.74. The van der Waals surface area contributed by atoms with E-state index in [1.54, 1.807) is 0 Å². The van der Waals surface area contributed by atoms with Crippen LogP contribution in [0.5, 0.6) is 0 Å². The van der Waals surface area contributed by atoms with Crippen LogP contribution in [-0.2, 0) is 4.79 Å². The molecule has 0 saturated carbocycles. The third-order valence-electron chi connectivity index (χ3n) is 1.94. The molecular weight excluding hydrogens is 212 g/mol. The number of aliphatic hydroxyl groups is 1. The second-order valence-corrected chi connectivity index (χ2v) is 4.14. The standard InChI is InChI=1S/C11H8O3S/c12-9(11(13)14)6-8-5-7-3-1-2-4-10(7)15-8/h1-6,12H,(H,13,14)/b9-6+. The average molecular weight is 220 g/mol. The SMILES string of the molecule is O=C(O)/C(O)=C\c1cc2ccccc2s1. The monoisotopic (exact) mass is 220 g/mol. The lowest BCUT2D eigenvalue weighted by atomic mass is 10.2. The zero-order valence-electron chi connectivity index (χ0n) is 7.68. The van der Waals surface area contributed by atoms with Gasteiger partial charge in [-0.25, -0.2) is 4.79 Å². The van der Waals surface area contributed by atoms with Crippen LogP contribution in [-0.4, -0.2) is 16.2 Å². The Morgan fingerprint density at radius 2 is 2.00 bits per heavy atom. The van der Waals surface area contributed by atoms with Gasteiger partial charge >= 0.3 is 5.97 Å². The van der Waals surface area contributed by atoms with E-state index in [1.807, 2.05) is 30.3 Å². The van der Waals surface area contributed by atoms with Crippen molar-refractivity contribution in [1.82, 2.24) is 0 Å². The lowest BCUT2D eigenvalue weighted by molar-refractivity contribution is -0.135. The van der Waals surface area contributed by atoms with E-state index in [0.29, 0.717) is 0 Å². The number of fused-ring (bicyclic) bond motifs is 1. The maximum Gasteiger partial charge on any atom is 0.370 e. The van der Waals surface area contributed by atoms with E-state index in [9.17, 15) is 4.79 Å². The Kier molecular flexibility index (Phi) is 2.43. The van der Waals surface area contributed by atoms with Crippen LogP contribution in [0.3, 0.4) is 0 Å². The Labute approximate surface area is 89.9 Å². The highest BCUT2D eigenvalue weighted by atomic mass is 32.1. The summed E-state index contributed by atoms with van der Waals surface area (Å²) in [6.45, 7) is 0. The molecule has 2 rings (SSSR count). The summed E-state index contributed by atoms with van der Waals surface area (Å²) < 4.78 is 1.07. The zero-order chi connectivity index (χ0) is 10.8. The normalized spacial score (nSPS) is 11.9. The van der Waals surface area contributed by atoms with Crippen molar-refractivity contribution in [3.05, 3.63) is 41.0 Å². The summed E-state index contributed by atoms with van der Waals surface area (Å²) in [7, 11) is 0. The molecule has 2 aromatic rings. The number of hydrogen-bond donors (Lipinski definition) is 2. The lowest BCUT2D eigenvalue weighted by Crippen LogP contribution is -1.97. The molecule has 76 valence electrons. The molecule has 0 bridgehead atoms.